The van der Waals surface area contributed by atoms with Crippen molar-refractivity contribution in [3.05, 3.63) is 47.0 Å². The number of nitrogens with zero attached hydrogens (tertiary/aromatic N) is 1. The van der Waals surface area contributed by atoms with E-state index in [1.54, 1.807) is 0 Å². The highest BCUT2D eigenvalue weighted by atomic mass is 16.4. The van der Waals surface area contributed by atoms with Crippen molar-refractivity contribution in [2.75, 3.05) is 0 Å². The average Bonchev–Trinajstić information content (AvgIpc) is 2.71. The molecule has 0 saturated heterocycles. The number of hydrogen-bond acceptors (Lipinski definition) is 2. The summed E-state index contributed by atoms with van der Waals surface area (Å²) in [5.74, 6) is 0. The smallest absolute Gasteiger partial charge is 0.0880 e. The Labute approximate surface area is 94.2 Å². The van der Waals surface area contributed by atoms with Gasteiger partial charge in [-0.25, -0.2) is 0 Å². The molecule has 16 heavy (non-hydrogen) atoms. The van der Waals surface area contributed by atoms with E-state index in [1.165, 1.54) is 21.9 Å². The summed E-state index contributed by atoms with van der Waals surface area (Å²) in [6, 6.07) is 10.7. The van der Waals surface area contributed by atoms with Crippen molar-refractivity contribution in [2.24, 2.45) is 5.16 Å². The number of aryl methyl sites for hydroxylation is 2. The third-order valence-electron chi connectivity index (χ3n) is 3.30. The largest absolute Gasteiger partial charge is 0.411 e. The number of hydrogen-bond donors (Lipinski definition) is 1. The van der Waals surface area contributed by atoms with Gasteiger partial charge in [0.1, 0.15) is 0 Å². The molecule has 0 fully saturated rings. The summed E-state index contributed by atoms with van der Waals surface area (Å²) in [6.45, 7) is 2.09. The number of oxime groups is 1. The van der Waals surface area contributed by atoms with E-state index in [1.807, 2.05) is 0 Å². The molecule has 0 radical (unpaired) electrons. The maximum atomic E-state index is 9.01. The monoisotopic (exact) mass is 211 g/mol. The molecule has 0 aliphatic heterocycles. The van der Waals surface area contributed by atoms with Crippen LogP contribution in [0.5, 0.6) is 0 Å². The molecule has 2 aromatic carbocycles. The molecule has 0 spiro atoms. The van der Waals surface area contributed by atoms with Crippen molar-refractivity contribution >= 4 is 16.5 Å². The normalized spacial score (nSPS) is 16.9. The van der Waals surface area contributed by atoms with Crippen LogP contribution in [-0.2, 0) is 6.42 Å². The van der Waals surface area contributed by atoms with Crippen LogP contribution in [-0.4, -0.2) is 10.9 Å². The van der Waals surface area contributed by atoms with Gasteiger partial charge < -0.3 is 5.21 Å². The lowest BCUT2D eigenvalue weighted by atomic mass is 9.99. The van der Waals surface area contributed by atoms with Gasteiger partial charge in [-0.05, 0) is 36.1 Å². The van der Waals surface area contributed by atoms with Crippen molar-refractivity contribution in [2.45, 2.75) is 19.8 Å². The highest BCUT2D eigenvalue weighted by Crippen LogP contribution is 2.30. The van der Waals surface area contributed by atoms with Crippen LogP contribution in [0.3, 0.4) is 0 Å². The molecule has 2 nitrogen and oxygen atoms in total. The zero-order valence-electron chi connectivity index (χ0n) is 9.20. The zero-order chi connectivity index (χ0) is 11.1. The molecule has 80 valence electrons. The van der Waals surface area contributed by atoms with Crippen LogP contribution < -0.4 is 0 Å². The standard InChI is InChI=1S/C14H13NO/c1-9-2-6-12-11(8-9)4-3-10-5-7-13(15-16)14(10)12/h2-4,6,8,16H,5,7H2,1H3/b15-13-. The van der Waals surface area contributed by atoms with Gasteiger partial charge >= 0.3 is 0 Å². The maximum absolute atomic E-state index is 9.01. The lowest BCUT2D eigenvalue weighted by Crippen LogP contribution is -1.95. The van der Waals surface area contributed by atoms with Gasteiger partial charge in [0, 0.05) is 5.56 Å². The first-order valence-electron chi connectivity index (χ1n) is 5.53. The molecule has 1 aliphatic rings. The topological polar surface area (TPSA) is 32.6 Å². The lowest BCUT2D eigenvalue weighted by molar-refractivity contribution is 0.318. The molecule has 0 atom stereocenters. The van der Waals surface area contributed by atoms with Gasteiger partial charge in [-0.2, -0.15) is 0 Å². The summed E-state index contributed by atoms with van der Waals surface area (Å²) >= 11 is 0. The SMILES string of the molecule is Cc1ccc2c3c(ccc2c1)CC/C3=N/O. The Bertz CT molecular complexity index is 599. The number of benzene rings is 2. The Morgan fingerprint density at radius 1 is 1.12 bits per heavy atom. The zero-order valence-corrected chi connectivity index (χ0v) is 9.20. The van der Waals surface area contributed by atoms with E-state index in [-0.39, 0.29) is 0 Å². The van der Waals surface area contributed by atoms with Gasteiger partial charge in [0.2, 0.25) is 0 Å². The second-order valence-corrected chi connectivity index (χ2v) is 4.37. The Morgan fingerprint density at radius 2 is 2.00 bits per heavy atom. The fourth-order valence-electron chi connectivity index (χ4n) is 2.52. The molecule has 2 heteroatoms. The third-order valence-corrected chi connectivity index (χ3v) is 3.30. The Balaban J connectivity index is 2.40. The quantitative estimate of drug-likeness (QED) is 0.526. The van der Waals surface area contributed by atoms with Crippen LogP contribution in [0.1, 0.15) is 23.1 Å². The Morgan fingerprint density at radius 3 is 2.81 bits per heavy atom. The number of fused-ring (bicyclic) bond motifs is 3. The van der Waals surface area contributed by atoms with Gasteiger partial charge in [-0.1, -0.05) is 41.1 Å². The van der Waals surface area contributed by atoms with E-state index in [0.717, 1.165) is 24.1 Å². The lowest BCUT2D eigenvalue weighted by Gasteiger charge is -2.06. The molecule has 2 aromatic rings. The van der Waals surface area contributed by atoms with Crippen molar-refractivity contribution in [1.29, 1.82) is 0 Å². The first-order chi connectivity index (χ1) is 7.79. The summed E-state index contributed by atoms with van der Waals surface area (Å²) < 4.78 is 0. The average molecular weight is 211 g/mol. The Hall–Kier alpha value is -1.83. The highest BCUT2D eigenvalue weighted by Gasteiger charge is 2.20. The second kappa shape index (κ2) is 3.34. The first-order valence-corrected chi connectivity index (χ1v) is 5.53. The summed E-state index contributed by atoms with van der Waals surface area (Å²) in [5.41, 5.74) is 4.52. The summed E-state index contributed by atoms with van der Waals surface area (Å²) in [6.07, 6.45) is 1.83. The molecule has 0 bridgehead atoms. The molecule has 3 rings (SSSR count). The molecule has 0 amide bonds. The first kappa shape index (κ1) is 9.40. The van der Waals surface area contributed by atoms with Gasteiger partial charge in [0.15, 0.2) is 0 Å². The predicted octanol–water partition coefficient (Wildman–Crippen LogP) is 3.27. The van der Waals surface area contributed by atoms with Gasteiger partial charge in [0.05, 0.1) is 5.71 Å². The van der Waals surface area contributed by atoms with Crippen LogP contribution in [0.4, 0.5) is 0 Å². The second-order valence-electron chi connectivity index (χ2n) is 4.37. The fraction of sp³-hybridized carbons (Fsp3) is 0.214. The summed E-state index contributed by atoms with van der Waals surface area (Å²) in [5, 5.41) is 14.9. The van der Waals surface area contributed by atoms with Crippen LogP contribution in [0.15, 0.2) is 35.5 Å². The molecule has 0 saturated carbocycles. The van der Waals surface area contributed by atoms with E-state index >= 15 is 0 Å². The number of rotatable bonds is 0. The van der Waals surface area contributed by atoms with Gasteiger partial charge in [0.25, 0.3) is 0 Å². The van der Waals surface area contributed by atoms with Crippen LogP contribution in [0.25, 0.3) is 10.8 Å². The van der Waals surface area contributed by atoms with Crippen LogP contribution in [0.2, 0.25) is 0 Å². The fourth-order valence-corrected chi connectivity index (χ4v) is 2.52. The molecule has 0 aromatic heterocycles. The summed E-state index contributed by atoms with van der Waals surface area (Å²) in [4.78, 5) is 0. The van der Waals surface area contributed by atoms with E-state index in [4.69, 9.17) is 5.21 Å². The Kier molecular flexibility index (Phi) is 1.96. The minimum absolute atomic E-state index is 0.824. The molecular weight excluding hydrogens is 198 g/mol. The molecule has 0 unspecified atom stereocenters. The minimum atomic E-state index is 0.824. The third kappa shape index (κ3) is 1.23. The van der Waals surface area contributed by atoms with E-state index in [9.17, 15) is 0 Å². The van der Waals surface area contributed by atoms with Crippen molar-refractivity contribution < 1.29 is 5.21 Å². The van der Waals surface area contributed by atoms with Crippen molar-refractivity contribution in [1.82, 2.24) is 0 Å². The van der Waals surface area contributed by atoms with Crippen LogP contribution in [0, 0.1) is 6.92 Å². The van der Waals surface area contributed by atoms with E-state index in [0.29, 0.717) is 0 Å². The van der Waals surface area contributed by atoms with Gasteiger partial charge in [-0.3, -0.25) is 0 Å². The molecular formula is C14H13NO. The molecule has 0 heterocycles. The van der Waals surface area contributed by atoms with Gasteiger partial charge in [-0.15, -0.1) is 0 Å². The van der Waals surface area contributed by atoms with Crippen molar-refractivity contribution in [3.8, 4) is 0 Å². The molecule has 1 N–H and O–H groups in total. The predicted molar refractivity (Wildman–Crippen MR) is 65.3 cm³/mol. The summed E-state index contributed by atoms with van der Waals surface area (Å²) in [7, 11) is 0. The van der Waals surface area contributed by atoms with E-state index in [2.05, 4.69) is 42.4 Å². The van der Waals surface area contributed by atoms with Crippen molar-refractivity contribution in [3.63, 3.8) is 0 Å². The van der Waals surface area contributed by atoms with Crippen LogP contribution >= 0.6 is 0 Å². The molecule has 1 aliphatic carbocycles. The van der Waals surface area contributed by atoms with E-state index < -0.39 is 0 Å². The maximum Gasteiger partial charge on any atom is 0.0880 e. The highest BCUT2D eigenvalue weighted by molar-refractivity contribution is 6.14. The minimum Gasteiger partial charge on any atom is -0.411 e.